The average molecular weight is 282 g/mol. The molecule has 2 heterocycles. The molecule has 1 amide bonds. The molecule has 2 fully saturated rings. The summed E-state index contributed by atoms with van der Waals surface area (Å²) >= 11 is 0. The van der Waals surface area contributed by atoms with E-state index in [0.717, 1.165) is 19.5 Å². The molecule has 0 aliphatic carbocycles. The van der Waals surface area contributed by atoms with Crippen molar-refractivity contribution in [2.45, 2.75) is 51.5 Å². The number of carbonyl (C=O) groups is 2. The van der Waals surface area contributed by atoms with Crippen molar-refractivity contribution in [1.29, 1.82) is 0 Å². The van der Waals surface area contributed by atoms with Crippen molar-refractivity contribution < 1.29 is 14.7 Å². The van der Waals surface area contributed by atoms with E-state index in [0.29, 0.717) is 31.7 Å². The highest BCUT2D eigenvalue weighted by Gasteiger charge is 2.32. The molecule has 5 nitrogen and oxygen atoms in total. The van der Waals surface area contributed by atoms with E-state index in [4.69, 9.17) is 5.11 Å². The van der Waals surface area contributed by atoms with E-state index in [1.165, 1.54) is 12.8 Å². The minimum Gasteiger partial charge on any atom is -0.481 e. The fraction of sp³-hybridized carbons (Fsp3) is 0.867. The summed E-state index contributed by atoms with van der Waals surface area (Å²) in [6, 6.07) is 0.0573. The maximum absolute atomic E-state index is 12.3. The summed E-state index contributed by atoms with van der Waals surface area (Å²) in [6.45, 7) is 4.70. The second-order valence-electron chi connectivity index (χ2n) is 6.25. The van der Waals surface area contributed by atoms with Gasteiger partial charge in [-0.1, -0.05) is 0 Å². The van der Waals surface area contributed by atoms with Crippen molar-refractivity contribution in [2.24, 2.45) is 11.8 Å². The highest BCUT2D eigenvalue weighted by Crippen LogP contribution is 2.25. The molecule has 2 aliphatic heterocycles. The van der Waals surface area contributed by atoms with Crippen LogP contribution in [0.2, 0.25) is 0 Å². The van der Waals surface area contributed by atoms with Crippen LogP contribution in [0.3, 0.4) is 0 Å². The molecule has 2 rings (SSSR count). The Balaban J connectivity index is 1.76. The Morgan fingerprint density at radius 3 is 2.75 bits per heavy atom. The third-order valence-corrected chi connectivity index (χ3v) is 4.71. The van der Waals surface area contributed by atoms with Gasteiger partial charge in [0.15, 0.2) is 0 Å². The Morgan fingerprint density at radius 2 is 2.15 bits per heavy atom. The smallest absolute Gasteiger partial charge is 0.306 e. The molecule has 3 unspecified atom stereocenters. The van der Waals surface area contributed by atoms with Crippen molar-refractivity contribution in [1.82, 2.24) is 10.2 Å². The van der Waals surface area contributed by atoms with Crippen LogP contribution in [-0.2, 0) is 9.59 Å². The minimum atomic E-state index is -0.725. The summed E-state index contributed by atoms with van der Waals surface area (Å²) in [5.41, 5.74) is 0. The van der Waals surface area contributed by atoms with Gasteiger partial charge in [-0.2, -0.15) is 0 Å². The van der Waals surface area contributed by atoms with Crippen LogP contribution >= 0.6 is 0 Å². The fourth-order valence-electron chi connectivity index (χ4n) is 3.41. The van der Waals surface area contributed by atoms with Gasteiger partial charge in [-0.05, 0) is 58.0 Å². The largest absolute Gasteiger partial charge is 0.481 e. The summed E-state index contributed by atoms with van der Waals surface area (Å²) in [5.74, 6) is -0.180. The topological polar surface area (TPSA) is 69.6 Å². The van der Waals surface area contributed by atoms with E-state index in [1.54, 1.807) is 0 Å². The number of carbonyl (C=O) groups excluding carboxylic acids is 1. The third kappa shape index (κ3) is 3.95. The first-order valence-electron chi connectivity index (χ1n) is 7.81. The molecule has 5 heteroatoms. The maximum Gasteiger partial charge on any atom is 0.306 e. The minimum absolute atomic E-state index is 0.0573. The number of aliphatic carboxylic acids is 1. The van der Waals surface area contributed by atoms with E-state index < -0.39 is 5.97 Å². The van der Waals surface area contributed by atoms with Crippen LogP contribution in [0.15, 0.2) is 0 Å². The van der Waals surface area contributed by atoms with Crippen molar-refractivity contribution in [3.05, 3.63) is 0 Å². The number of hydrogen-bond donors (Lipinski definition) is 2. The molecule has 0 saturated carbocycles. The normalized spacial score (nSPS) is 31.1. The molecule has 2 aliphatic rings. The van der Waals surface area contributed by atoms with E-state index in [1.807, 2.05) is 11.8 Å². The monoisotopic (exact) mass is 282 g/mol. The first-order chi connectivity index (χ1) is 9.58. The van der Waals surface area contributed by atoms with Gasteiger partial charge in [0, 0.05) is 19.0 Å². The summed E-state index contributed by atoms with van der Waals surface area (Å²) < 4.78 is 0. The van der Waals surface area contributed by atoms with Gasteiger partial charge >= 0.3 is 5.97 Å². The highest BCUT2D eigenvalue weighted by molar-refractivity contribution is 5.77. The molecule has 2 saturated heterocycles. The predicted molar refractivity (Wildman–Crippen MR) is 76.4 cm³/mol. The molecular formula is C15H26N2O3. The number of nitrogens with zero attached hydrogens (tertiary/aromatic N) is 1. The number of hydrogen-bond acceptors (Lipinski definition) is 3. The SMILES string of the molecule is CC1CC(C(=O)O)CCN1C(=O)CCC1CCCNC1. The molecule has 0 bridgehead atoms. The van der Waals surface area contributed by atoms with E-state index >= 15 is 0 Å². The van der Waals surface area contributed by atoms with E-state index in [2.05, 4.69) is 5.32 Å². The third-order valence-electron chi connectivity index (χ3n) is 4.71. The number of carboxylic acid groups (broad SMARTS) is 1. The zero-order chi connectivity index (χ0) is 14.5. The van der Waals surface area contributed by atoms with Gasteiger partial charge in [-0.15, -0.1) is 0 Å². The van der Waals surface area contributed by atoms with Crippen LogP contribution in [0, 0.1) is 11.8 Å². The van der Waals surface area contributed by atoms with Crippen molar-refractivity contribution in [2.75, 3.05) is 19.6 Å². The molecule has 0 aromatic heterocycles. The summed E-state index contributed by atoms with van der Waals surface area (Å²) in [5, 5.41) is 12.4. The van der Waals surface area contributed by atoms with Gasteiger partial charge in [-0.25, -0.2) is 0 Å². The van der Waals surface area contributed by atoms with Gasteiger partial charge in [0.1, 0.15) is 0 Å². The lowest BCUT2D eigenvalue weighted by molar-refractivity contribution is -0.147. The average Bonchev–Trinajstić information content (AvgIpc) is 2.45. The van der Waals surface area contributed by atoms with Crippen LogP contribution in [0.1, 0.15) is 45.4 Å². The van der Waals surface area contributed by atoms with Crippen LogP contribution in [0.4, 0.5) is 0 Å². The quantitative estimate of drug-likeness (QED) is 0.819. The Hall–Kier alpha value is -1.10. The van der Waals surface area contributed by atoms with Crippen LogP contribution in [-0.4, -0.2) is 47.6 Å². The number of carboxylic acids is 1. The zero-order valence-corrected chi connectivity index (χ0v) is 12.3. The van der Waals surface area contributed by atoms with Crippen LogP contribution in [0.25, 0.3) is 0 Å². The van der Waals surface area contributed by atoms with Crippen molar-refractivity contribution in [3.63, 3.8) is 0 Å². The Labute approximate surface area is 120 Å². The summed E-state index contributed by atoms with van der Waals surface area (Å²) in [7, 11) is 0. The number of amides is 1. The van der Waals surface area contributed by atoms with Crippen molar-refractivity contribution >= 4 is 11.9 Å². The van der Waals surface area contributed by atoms with Gasteiger partial charge < -0.3 is 15.3 Å². The van der Waals surface area contributed by atoms with Gasteiger partial charge in [0.2, 0.25) is 5.91 Å². The van der Waals surface area contributed by atoms with Crippen LogP contribution in [0.5, 0.6) is 0 Å². The van der Waals surface area contributed by atoms with Gasteiger partial charge in [-0.3, -0.25) is 9.59 Å². The fourth-order valence-corrected chi connectivity index (χ4v) is 3.41. The lowest BCUT2D eigenvalue weighted by Crippen LogP contribution is -2.46. The number of nitrogens with one attached hydrogen (secondary N) is 1. The first-order valence-corrected chi connectivity index (χ1v) is 7.81. The molecule has 3 atom stereocenters. The highest BCUT2D eigenvalue weighted by atomic mass is 16.4. The molecule has 20 heavy (non-hydrogen) atoms. The Kier molecular flexibility index (Phi) is 5.40. The van der Waals surface area contributed by atoms with E-state index in [-0.39, 0.29) is 17.9 Å². The summed E-state index contributed by atoms with van der Waals surface area (Å²) in [6.07, 6.45) is 5.17. The van der Waals surface area contributed by atoms with Gasteiger partial charge in [0.25, 0.3) is 0 Å². The second-order valence-corrected chi connectivity index (χ2v) is 6.25. The Morgan fingerprint density at radius 1 is 1.35 bits per heavy atom. The zero-order valence-electron chi connectivity index (χ0n) is 12.3. The first kappa shape index (κ1) is 15.3. The second kappa shape index (κ2) is 7.07. The molecule has 0 radical (unpaired) electrons. The van der Waals surface area contributed by atoms with Crippen LogP contribution < -0.4 is 5.32 Å². The predicted octanol–water partition coefficient (Wildman–Crippen LogP) is 1.48. The molecule has 2 N–H and O–H groups in total. The Bertz CT molecular complexity index is 353. The van der Waals surface area contributed by atoms with Gasteiger partial charge in [0.05, 0.1) is 5.92 Å². The number of piperidine rings is 2. The number of likely N-dealkylation sites (tertiary alicyclic amines) is 1. The molecule has 0 spiro atoms. The standard InChI is InChI=1S/C15H26N2O3/c1-11-9-13(15(19)20)6-8-17(11)14(18)5-4-12-3-2-7-16-10-12/h11-13,16H,2-10H2,1H3,(H,19,20). The van der Waals surface area contributed by atoms with E-state index in [9.17, 15) is 9.59 Å². The van der Waals surface area contributed by atoms with Crippen molar-refractivity contribution in [3.8, 4) is 0 Å². The lowest BCUT2D eigenvalue weighted by atomic mass is 9.90. The summed E-state index contributed by atoms with van der Waals surface area (Å²) in [4.78, 5) is 25.2. The number of rotatable bonds is 4. The lowest BCUT2D eigenvalue weighted by Gasteiger charge is -2.36. The molecular weight excluding hydrogens is 256 g/mol. The maximum atomic E-state index is 12.3. The molecule has 0 aromatic rings. The molecule has 114 valence electrons. The molecule has 0 aromatic carbocycles.